The first-order valence-electron chi connectivity index (χ1n) is 5.19. The number of benzene rings is 1. The quantitative estimate of drug-likeness (QED) is 0.440. The van der Waals surface area contributed by atoms with Gasteiger partial charge in [-0.1, -0.05) is 12.1 Å². The van der Waals surface area contributed by atoms with Crippen molar-refractivity contribution in [2.45, 2.75) is 12.5 Å². The molecular formula is C11H15N2O4+. The number of esters is 1. The smallest absolute Gasteiger partial charge is 0.364 e. The van der Waals surface area contributed by atoms with Gasteiger partial charge in [-0.05, 0) is 5.56 Å². The Labute approximate surface area is 98.7 Å². The number of nitro benzene ring substituents is 1. The first kappa shape index (κ1) is 13.1. The van der Waals surface area contributed by atoms with Crippen LogP contribution >= 0.6 is 0 Å². The second-order valence-corrected chi connectivity index (χ2v) is 3.59. The van der Waals surface area contributed by atoms with Gasteiger partial charge in [0.05, 0.1) is 19.1 Å². The molecule has 1 rings (SSSR count). The fourth-order valence-corrected chi connectivity index (χ4v) is 1.50. The maximum atomic E-state index is 11.4. The molecule has 92 valence electrons. The summed E-state index contributed by atoms with van der Waals surface area (Å²) in [6.45, 7) is 0. The van der Waals surface area contributed by atoms with Crippen LogP contribution in [0.4, 0.5) is 5.69 Å². The predicted octanol–water partition coefficient (Wildman–Crippen LogP) is -0.128. The highest BCUT2D eigenvalue weighted by Gasteiger charge is 2.21. The number of hydrogen-bond acceptors (Lipinski definition) is 4. The molecule has 0 aliphatic carbocycles. The fourth-order valence-electron chi connectivity index (χ4n) is 1.50. The number of carbonyl (C=O) groups is 1. The summed E-state index contributed by atoms with van der Waals surface area (Å²) in [7, 11) is 3.13. The van der Waals surface area contributed by atoms with Crippen molar-refractivity contribution >= 4 is 11.7 Å². The summed E-state index contributed by atoms with van der Waals surface area (Å²) in [5.74, 6) is -0.300. The lowest BCUT2D eigenvalue weighted by Gasteiger charge is -2.10. The van der Waals surface area contributed by atoms with Crippen molar-refractivity contribution in [1.82, 2.24) is 0 Å². The number of non-ortho nitro benzene ring substituents is 1. The first-order chi connectivity index (χ1) is 8.08. The van der Waals surface area contributed by atoms with Crippen LogP contribution in [0.25, 0.3) is 0 Å². The Morgan fingerprint density at radius 2 is 2.06 bits per heavy atom. The molecule has 0 bridgehead atoms. The number of methoxy groups -OCH3 is 1. The Morgan fingerprint density at radius 1 is 1.47 bits per heavy atom. The molecule has 1 aromatic rings. The third-order valence-corrected chi connectivity index (χ3v) is 2.51. The minimum absolute atomic E-state index is 0.0452. The Kier molecular flexibility index (Phi) is 4.59. The highest BCUT2D eigenvalue weighted by Crippen LogP contribution is 2.12. The molecule has 17 heavy (non-hydrogen) atoms. The Hall–Kier alpha value is -1.95. The third kappa shape index (κ3) is 3.53. The van der Waals surface area contributed by atoms with E-state index < -0.39 is 4.92 Å². The van der Waals surface area contributed by atoms with Crippen molar-refractivity contribution in [2.75, 3.05) is 14.2 Å². The molecule has 0 aromatic heterocycles. The standard InChI is InChI=1S/C11H14N2O4/c1-12-10(11(14)17-2)7-8-3-5-9(6-4-8)13(15)16/h3-6,10,12H,7H2,1-2H3/p+1/t10-/m0/s1. The Bertz CT molecular complexity index is 402. The summed E-state index contributed by atoms with van der Waals surface area (Å²) in [5, 5.41) is 12.2. The van der Waals surface area contributed by atoms with E-state index in [0.717, 1.165) is 5.56 Å². The Balaban J connectivity index is 2.74. The average Bonchev–Trinajstić information content (AvgIpc) is 2.35. The molecule has 0 amide bonds. The lowest BCUT2D eigenvalue weighted by atomic mass is 10.1. The number of hydrogen-bond donors (Lipinski definition) is 1. The SMILES string of the molecule is C[NH2+][C@@H](Cc1ccc([N+](=O)[O-])cc1)C(=O)OC. The average molecular weight is 239 g/mol. The molecule has 0 saturated carbocycles. The number of likely N-dealkylation sites (N-methyl/N-ethyl adjacent to an activating group) is 1. The molecule has 0 aliphatic heterocycles. The van der Waals surface area contributed by atoms with Gasteiger partial charge in [0.25, 0.3) is 5.69 Å². The molecule has 6 nitrogen and oxygen atoms in total. The number of nitrogens with two attached hydrogens (primary N) is 1. The van der Waals surface area contributed by atoms with Crippen LogP contribution in [0.5, 0.6) is 0 Å². The zero-order valence-electron chi connectivity index (χ0n) is 9.75. The van der Waals surface area contributed by atoms with Gasteiger partial charge in [-0.25, -0.2) is 4.79 Å². The van der Waals surface area contributed by atoms with Crippen LogP contribution in [0.3, 0.4) is 0 Å². The molecular weight excluding hydrogens is 224 g/mol. The second-order valence-electron chi connectivity index (χ2n) is 3.59. The maximum Gasteiger partial charge on any atom is 0.364 e. The molecule has 1 aromatic carbocycles. The molecule has 0 saturated heterocycles. The largest absolute Gasteiger partial charge is 0.465 e. The van der Waals surface area contributed by atoms with Gasteiger partial charge in [-0.3, -0.25) is 10.1 Å². The van der Waals surface area contributed by atoms with Crippen molar-refractivity contribution in [3.63, 3.8) is 0 Å². The zero-order chi connectivity index (χ0) is 12.8. The van der Waals surface area contributed by atoms with E-state index in [0.29, 0.717) is 6.42 Å². The zero-order valence-corrected chi connectivity index (χ0v) is 9.75. The molecule has 6 heteroatoms. The van der Waals surface area contributed by atoms with Gasteiger partial charge >= 0.3 is 5.97 Å². The van der Waals surface area contributed by atoms with Gasteiger partial charge in [0.1, 0.15) is 0 Å². The second kappa shape index (κ2) is 5.95. The summed E-state index contributed by atoms with van der Waals surface area (Å²) in [6.07, 6.45) is 0.487. The topological polar surface area (TPSA) is 86.0 Å². The number of nitrogens with zero attached hydrogens (tertiary/aromatic N) is 1. The van der Waals surface area contributed by atoms with E-state index in [9.17, 15) is 14.9 Å². The molecule has 0 spiro atoms. The van der Waals surface area contributed by atoms with Gasteiger partial charge in [0, 0.05) is 18.6 Å². The first-order valence-corrected chi connectivity index (χ1v) is 5.19. The van der Waals surface area contributed by atoms with Crippen LogP contribution < -0.4 is 5.32 Å². The lowest BCUT2D eigenvalue weighted by Crippen LogP contribution is -2.89. The van der Waals surface area contributed by atoms with E-state index in [1.807, 2.05) is 0 Å². The summed E-state index contributed by atoms with van der Waals surface area (Å²) in [4.78, 5) is 21.4. The third-order valence-electron chi connectivity index (χ3n) is 2.51. The molecule has 2 N–H and O–H groups in total. The lowest BCUT2D eigenvalue weighted by molar-refractivity contribution is -0.651. The molecule has 1 atom stereocenters. The highest BCUT2D eigenvalue weighted by molar-refractivity contribution is 5.74. The summed E-state index contributed by atoms with van der Waals surface area (Å²) < 4.78 is 4.66. The van der Waals surface area contributed by atoms with Gasteiger partial charge in [0.2, 0.25) is 0 Å². The van der Waals surface area contributed by atoms with Crippen LogP contribution in [-0.2, 0) is 16.0 Å². The summed E-state index contributed by atoms with van der Waals surface area (Å²) in [5.41, 5.74) is 0.910. The van der Waals surface area contributed by atoms with Crippen molar-refractivity contribution in [2.24, 2.45) is 0 Å². The number of ether oxygens (including phenoxy) is 1. The van der Waals surface area contributed by atoms with Crippen molar-refractivity contribution in [1.29, 1.82) is 0 Å². The van der Waals surface area contributed by atoms with Gasteiger partial charge < -0.3 is 10.1 Å². The van der Waals surface area contributed by atoms with Crippen LogP contribution in [0.2, 0.25) is 0 Å². The molecule has 0 aliphatic rings. The van der Waals surface area contributed by atoms with Gasteiger partial charge in [0.15, 0.2) is 6.04 Å². The van der Waals surface area contributed by atoms with Crippen molar-refractivity contribution < 1.29 is 19.8 Å². The summed E-state index contributed by atoms with van der Waals surface area (Å²) in [6, 6.07) is 5.84. The number of carbonyl (C=O) groups excluding carboxylic acids is 1. The van der Waals surface area contributed by atoms with Crippen LogP contribution in [0.15, 0.2) is 24.3 Å². The van der Waals surface area contributed by atoms with Crippen molar-refractivity contribution in [3.8, 4) is 0 Å². The number of rotatable bonds is 5. The molecule has 0 radical (unpaired) electrons. The molecule has 0 heterocycles. The minimum Gasteiger partial charge on any atom is -0.465 e. The van der Waals surface area contributed by atoms with Crippen LogP contribution in [0.1, 0.15) is 5.56 Å². The van der Waals surface area contributed by atoms with Gasteiger partial charge in [-0.15, -0.1) is 0 Å². The predicted molar refractivity (Wildman–Crippen MR) is 60.5 cm³/mol. The minimum atomic E-state index is -0.451. The normalized spacial score (nSPS) is 11.9. The number of nitro groups is 1. The van der Waals surface area contributed by atoms with E-state index >= 15 is 0 Å². The van der Waals surface area contributed by atoms with Crippen molar-refractivity contribution in [3.05, 3.63) is 39.9 Å². The van der Waals surface area contributed by atoms with Crippen LogP contribution in [0, 0.1) is 10.1 Å². The van der Waals surface area contributed by atoms with E-state index in [1.165, 1.54) is 19.2 Å². The maximum absolute atomic E-state index is 11.4. The molecule has 0 fully saturated rings. The summed E-state index contributed by atoms with van der Waals surface area (Å²) >= 11 is 0. The van der Waals surface area contributed by atoms with Crippen LogP contribution in [-0.4, -0.2) is 31.1 Å². The van der Waals surface area contributed by atoms with Gasteiger partial charge in [-0.2, -0.15) is 0 Å². The van der Waals surface area contributed by atoms with E-state index in [4.69, 9.17) is 0 Å². The van der Waals surface area contributed by atoms with E-state index in [2.05, 4.69) is 4.74 Å². The van der Waals surface area contributed by atoms with E-state index in [-0.39, 0.29) is 17.7 Å². The Morgan fingerprint density at radius 3 is 2.47 bits per heavy atom. The fraction of sp³-hybridized carbons (Fsp3) is 0.364. The highest BCUT2D eigenvalue weighted by atomic mass is 16.6. The monoisotopic (exact) mass is 239 g/mol. The van der Waals surface area contributed by atoms with E-state index in [1.54, 1.807) is 24.5 Å². The number of quaternary nitrogens is 1. The molecule has 0 unspecified atom stereocenters.